The molecule has 0 unspecified atom stereocenters. The highest BCUT2D eigenvalue weighted by atomic mass is 35.5. The van der Waals surface area contributed by atoms with Gasteiger partial charge in [0.05, 0.1) is 7.11 Å². The van der Waals surface area contributed by atoms with Crippen LogP contribution in [-0.2, 0) is 6.54 Å². The molecule has 0 amide bonds. The normalized spacial score (nSPS) is 18.0. The molecule has 1 saturated heterocycles. The third kappa shape index (κ3) is 6.03. The highest BCUT2D eigenvalue weighted by Crippen LogP contribution is 2.35. The maximum Gasteiger partial charge on any atom is 0.123 e. The van der Waals surface area contributed by atoms with Gasteiger partial charge >= 0.3 is 0 Å². The molecule has 2 atom stereocenters. The second-order valence-electron chi connectivity index (χ2n) is 7.87. The molecular formula is C25H32Cl2N2OS. The molecule has 6 heteroatoms. The van der Waals surface area contributed by atoms with E-state index in [1.807, 2.05) is 11.3 Å². The van der Waals surface area contributed by atoms with Crippen molar-refractivity contribution in [1.29, 1.82) is 0 Å². The van der Waals surface area contributed by atoms with Crippen LogP contribution >= 0.6 is 36.2 Å². The second-order valence-corrected chi connectivity index (χ2v) is 9.12. The Hall–Kier alpha value is -1.56. The monoisotopic (exact) mass is 478 g/mol. The van der Waals surface area contributed by atoms with Crippen LogP contribution in [0.3, 0.4) is 0 Å². The number of methoxy groups -OCH3 is 1. The summed E-state index contributed by atoms with van der Waals surface area (Å²) >= 11 is 1.86. The molecule has 0 radical (unpaired) electrons. The molecule has 0 aliphatic carbocycles. The van der Waals surface area contributed by atoms with E-state index in [0.29, 0.717) is 12.1 Å². The number of thiophene rings is 1. The van der Waals surface area contributed by atoms with E-state index >= 15 is 0 Å². The summed E-state index contributed by atoms with van der Waals surface area (Å²) < 4.78 is 5.67. The summed E-state index contributed by atoms with van der Waals surface area (Å²) in [6.07, 6.45) is 2.38. The van der Waals surface area contributed by atoms with E-state index in [1.54, 1.807) is 7.11 Å². The molecule has 1 fully saturated rings. The van der Waals surface area contributed by atoms with Crippen molar-refractivity contribution in [2.24, 2.45) is 0 Å². The van der Waals surface area contributed by atoms with Gasteiger partial charge in [0.2, 0.25) is 0 Å². The van der Waals surface area contributed by atoms with Crippen LogP contribution in [0.2, 0.25) is 0 Å². The van der Waals surface area contributed by atoms with Gasteiger partial charge in [0.1, 0.15) is 5.75 Å². The molecular weight excluding hydrogens is 447 g/mol. The summed E-state index contributed by atoms with van der Waals surface area (Å²) in [6.45, 7) is 6.25. The van der Waals surface area contributed by atoms with Crippen LogP contribution < -0.4 is 15.4 Å². The van der Waals surface area contributed by atoms with Gasteiger partial charge in [0, 0.05) is 33.9 Å². The zero-order chi connectivity index (χ0) is 20.2. The third-order valence-electron chi connectivity index (χ3n) is 5.76. The van der Waals surface area contributed by atoms with E-state index in [9.17, 15) is 0 Å². The summed E-state index contributed by atoms with van der Waals surface area (Å²) in [5, 5.41) is 7.53. The van der Waals surface area contributed by atoms with Crippen molar-refractivity contribution in [2.75, 3.05) is 13.7 Å². The molecule has 2 aromatic carbocycles. The Morgan fingerprint density at radius 3 is 2.52 bits per heavy atom. The third-order valence-corrected chi connectivity index (χ3v) is 6.96. The van der Waals surface area contributed by atoms with E-state index in [1.165, 1.54) is 44.8 Å². The number of hydrogen-bond donors (Lipinski definition) is 2. The van der Waals surface area contributed by atoms with Crippen LogP contribution in [0.1, 0.15) is 40.5 Å². The van der Waals surface area contributed by atoms with Crippen LogP contribution in [0.15, 0.2) is 54.6 Å². The molecule has 0 saturated carbocycles. The lowest BCUT2D eigenvalue weighted by molar-refractivity contribution is 0.303. The lowest BCUT2D eigenvalue weighted by Gasteiger charge is -2.34. The van der Waals surface area contributed by atoms with Gasteiger partial charge in [-0.1, -0.05) is 30.3 Å². The summed E-state index contributed by atoms with van der Waals surface area (Å²) in [4.78, 5) is 2.71. The first-order chi connectivity index (χ1) is 14.2. The van der Waals surface area contributed by atoms with Gasteiger partial charge in [-0.15, -0.1) is 36.2 Å². The Morgan fingerprint density at radius 1 is 1.06 bits per heavy atom. The fraction of sp³-hybridized carbons (Fsp3) is 0.360. The molecule has 3 aromatic rings. The van der Waals surface area contributed by atoms with Crippen LogP contribution in [0.25, 0.3) is 10.4 Å². The van der Waals surface area contributed by atoms with E-state index in [-0.39, 0.29) is 24.8 Å². The van der Waals surface area contributed by atoms with Crippen LogP contribution in [-0.4, -0.2) is 19.7 Å². The van der Waals surface area contributed by atoms with Crippen molar-refractivity contribution in [3.8, 4) is 16.2 Å². The average Bonchev–Trinajstić information content (AvgIpc) is 3.10. The Balaban J connectivity index is 0.00000171. The first-order valence-corrected chi connectivity index (χ1v) is 11.2. The Labute approximate surface area is 202 Å². The van der Waals surface area contributed by atoms with Crippen LogP contribution in [0, 0.1) is 13.8 Å². The van der Waals surface area contributed by atoms with Crippen molar-refractivity contribution in [2.45, 2.75) is 45.3 Å². The lowest BCUT2D eigenvalue weighted by Crippen LogP contribution is -2.45. The number of ether oxygens (including phenoxy) is 1. The first-order valence-electron chi connectivity index (χ1n) is 10.4. The molecule has 4 rings (SSSR count). The maximum absolute atomic E-state index is 5.67. The molecule has 31 heavy (non-hydrogen) atoms. The van der Waals surface area contributed by atoms with Crippen molar-refractivity contribution >= 4 is 36.2 Å². The SMILES string of the molecule is COc1ccc(-c2sc(C)cc2C)cc1CN[C@H]1CCCN[C@H]1c1ccccc1.Cl.Cl. The first kappa shape index (κ1) is 25.7. The highest BCUT2D eigenvalue weighted by Gasteiger charge is 2.25. The largest absolute Gasteiger partial charge is 0.496 e. The van der Waals surface area contributed by atoms with Gasteiger partial charge in [-0.3, -0.25) is 0 Å². The standard InChI is InChI=1S/C25H30N2OS.2ClH/c1-17-14-18(2)29-25(17)20-11-12-23(28-3)21(15-20)16-27-22-10-7-13-26-24(22)19-8-5-4-6-9-19;;/h4-6,8-9,11-12,14-15,22,24,26-27H,7,10,13,16H2,1-3H3;2*1H/t22-,24-;;/m0../s1. The molecule has 3 nitrogen and oxygen atoms in total. The van der Waals surface area contributed by atoms with Gasteiger partial charge < -0.3 is 15.4 Å². The summed E-state index contributed by atoms with van der Waals surface area (Å²) in [7, 11) is 1.76. The number of aryl methyl sites for hydroxylation is 2. The Kier molecular flexibility index (Phi) is 9.86. The number of rotatable bonds is 6. The zero-order valence-electron chi connectivity index (χ0n) is 18.3. The molecule has 1 aromatic heterocycles. The van der Waals surface area contributed by atoms with Gasteiger partial charge in [0.25, 0.3) is 0 Å². The van der Waals surface area contributed by atoms with Crippen molar-refractivity contribution in [1.82, 2.24) is 10.6 Å². The number of benzene rings is 2. The summed E-state index contributed by atoms with van der Waals surface area (Å²) in [5.74, 6) is 0.951. The topological polar surface area (TPSA) is 33.3 Å². The van der Waals surface area contributed by atoms with Crippen molar-refractivity contribution < 1.29 is 4.74 Å². The quantitative estimate of drug-likeness (QED) is 0.425. The minimum atomic E-state index is 0. The van der Waals surface area contributed by atoms with Gasteiger partial charge in [0.15, 0.2) is 0 Å². The molecule has 1 aliphatic heterocycles. The van der Waals surface area contributed by atoms with Crippen molar-refractivity contribution in [3.63, 3.8) is 0 Å². The number of hydrogen-bond acceptors (Lipinski definition) is 4. The zero-order valence-corrected chi connectivity index (χ0v) is 20.8. The van der Waals surface area contributed by atoms with E-state index in [0.717, 1.165) is 18.8 Å². The number of piperidine rings is 1. The smallest absolute Gasteiger partial charge is 0.123 e. The van der Waals surface area contributed by atoms with E-state index in [4.69, 9.17) is 4.74 Å². The fourth-order valence-electron chi connectivity index (χ4n) is 4.35. The molecule has 0 spiro atoms. The molecule has 2 N–H and O–H groups in total. The predicted molar refractivity (Wildman–Crippen MR) is 137 cm³/mol. The Bertz CT molecular complexity index is 961. The van der Waals surface area contributed by atoms with E-state index < -0.39 is 0 Å². The minimum Gasteiger partial charge on any atom is -0.496 e. The highest BCUT2D eigenvalue weighted by molar-refractivity contribution is 7.15. The summed E-state index contributed by atoms with van der Waals surface area (Å²) in [6, 6.07) is 20.4. The Morgan fingerprint density at radius 2 is 1.84 bits per heavy atom. The van der Waals surface area contributed by atoms with Crippen LogP contribution in [0.4, 0.5) is 0 Å². The predicted octanol–water partition coefficient (Wildman–Crippen LogP) is 6.47. The molecule has 0 bridgehead atoms. The summed E-state index contributed by atoms with van der Waals surface area (Å²) in [5.41, 5.74) is 5.19. The lowest BCUT2D eigenvalue weighted by atomic mass is 9.92. The number of halogens is 2. The van der Waals surface area contributed by atoms with Crippen molar-refractivity contribution in [3.05, 3.63) is 76.2 Å². The average molecular weight is 480 g/mol. The maximum atomic E-state index is 5.67. The molecule has 168 valence electrons. The van der Waals surface area contributed by atoms with Gasteiger partial charge in [-0.05, 0) is 74.2 Å². The van der Waals surface area contributed by atoms with Gasteiger partial charge in [-0.2, -0.15) is 0 Å². The molecule has 1 aliphatic rings. The molecule has 2 heterocycles. The van der Waals surface area contributed by atoms with Gasteiger partial charge in [-0.25, -0.2) is 0 Å². The minimum absolute atomic E-state index is 0. The van der Waals surface area contributed by atoms with E-state index in [2.05, 4.69) is 79.1 Å². The van der Waals surface area contributed by atoms with Crippen LogP contribution in [0.5, 0.6) is 5.75 Å². The second kappa shape index (κ2) is 11.9. The fourth-order valence-corrected chi connectivity index (χ4v) is 5.37. The number of nitrogens with one attached hydrogen (secondary N) is 2.